The molecule has 1 amide bonds. The van der Waals surface area contributed by atoms with E-state index in [0.717, 1.165) is 35.8 Å². The molecular formula is C33H30BrFN2O. The van der Waals surface area contributed by atoms with Crippen LogP contribution in [0.3, 0.4) is 0 Å². The molecule has 0 saturated carbocycles. The van der Waals surface area contributed by atoms with Crippen molar-refractivity contribution < 1.29 is 9.18 Å². The topological polar surface area (TPSA) is 23.6 Å². The van der Waals surface area contributed by atoms with Gasteiger partial charge in [0, 0.05) is 29.2 Å². The summed E-state index contributed by atoms with van der Waals surface area (Å²) in [5.74, 6) is -0.221. The second-order valence-electron chi connectivity index (χ2n) is 10.3. The SMILES string of the molecule is O=C(CN1CCc2ccccc2[C@H]1c1ccccc1Br)N(Cc1ccccc1F)C1Cc2ccccc2C1. The van der Waals surface area contributed by atoms with Gasteiger partial charge in [-0.3, -0.25) is 9.69 Å². The van der Waals surface area contributed by atoms with Crippen LogP contribution >= 0.6 is 15.9 Å². The number of amides is 1. The molecule has 1 atom stereocenters. The highest BCUT2D eigenvalue weighted by molar-refractivity contribution is 9.10. The molecule has 1 aliphatic carbocycles. The van der Waals surface area contributed by atoms with Crippen molar-refractivity contribution >= 4 is 21.8 Å². The molecule has 0 radical (unpaired) electrons. The fraction of sp³-hybridized carbons (Fsp3) is 0.242. The minimum atomic E-state index is -0.265. The third-order valence-electron chi connectivity index (χ3n) is 8.01. The van der Waals surface area contributed by atoms with Crippen LogP contribution in [0.4, 0.5) is 4.39 Å². The molecule has 4 aromatic carbocycles. The summed E-state index contributed by atoms with van der Waals surface area (Å²) in [7, 11) is 0. The Kier molecular flexibility index (Phi) is 7.14. The summed E-state index contributed by atoms with van der Waals surface area (Å²) >= 11 is 3.77. The molecule has 0 saturated heterocycles. The predicted molar refractivity (Wildman–Crippen MR) is 152 cm³/mol. The van der Waals surface area contributed by atoms with Crippen LogP contribution < -0.4 is 0 Å². The second kappa shape index (κ2) is 10.8. The Morgan fingerprint density at radius 2 is 1.42 bits per heavy atom. The van der Waals surface area contributed by atoms with Crippen molar-refractivity contribution in [1.29, 1.82) is 0 Å². The lowest BCUT2D eigenvalue weighted by Gasteiger charge is -2.39. The molecule has 1 aliphatic heterocycles. The smallest absolute Gasteiger partial charge is 0.237 e. The third kappa shape index (κ3) is 4.93. The first-order valence-electron chi connectivity index (χ1n) is 13.2. The van der Waals surface area contributed by atoms with E-state index in [9.17, 15) is 9.18 Å². The molecule has 0 fully saturated rings. The van der Waals surface area contributed by atoms with Crippen LogP contribution in [0, 0.1) is 5.82 Å². The largest absolute Gasteiger partial charge is 0.333 e. The normalized spacial score (nSPS) is 17.2. The van der Waals surface area contributed by atoms with Crippen molar-refractivity contribution in [2.24, 2.45) is 0 Å². The van der Waals surface area contributed by atoms with E-state index in [4.69, 9.17) is 0 Å². The van der Waals surface area contributed by atoms with Crippen molar-refractivity contribution in [3.63, 3.8) is 0 Å². The van der Waals surface area contributed by atoms with Gasteiger partial charge in [0.05, 0.1) is 12.6 Å². The van der Waals surface area contributed by atoms with E-state index < -0.39 is 0 Å². The number of carbonyl (C=O) groups excluding carboxylic acids is 1. The lowest BCUT2D eigenvalue weighted by molar-refractivity contribution is -0.136. The third-order valence-corrected chi connectivity index (χ3v) is 8.73. The van der Waals surface area contributed by atoms with Gasteiger partial charge in [-0.2, -0.15) is 0 Å². The highest BCUT2D eigenvalue weighted by atomic mass is 79.9. The van der Waals surface area contributed by atoms with Crippen LogP contribution in [0.1, 0.15) is 39.4 Å². The molecule has 1 heterocycles. The molecule has 192 valence electrons. The Balaban J connectivity index is 1.32. The van der Waals surface area contributed by atoms with Gasteiger partial charge in [0.1, 0.15) is 5.82 Å². The predicted octanol–water partition coefficient (Wildman–Crippen LogP) is 6.73. The molecule has 0 aromatic heterocycles. The summed E-state index contributed by atoms with van der Waals surface area (Å²) in [6, 6.07) is 32.0. The molecule has 4 aromatic rings. The zero-order valence-corrected chi connectivity index (χ0v) is 22.8. The van der Waals surface area contributed by atoms with Crippen LogP contribution in [-0.2, 0) is 30.6 Å². The fourth-order valence-electron chi connectivity index (χ4n) is 6.10. The Labute approximate surface area is 232 Å². The van der Waals surface area contributed by atoms with E-state index in [1.165, 1.54) is 28.3 Å². The van der Waals surface area contributed by atoms with Gasteiger partial charge in [-0.15, -0.1) is 0 Å². The number of benzene rings is 4. The number of hydrogen-bond donors (Lipinski definition) is 0. The molecule has 2 aliphatic rings. The van der Waals surface area contributed by atoms with Gasteiger partial charge < -0.3 is 4.90 Å². The van der Waals surface area contributed by atoms with Crippen LogP contribution in [0.5, 0.6) is 0 Å². The van der Waals surface area contributed by atoms with E-state index >= 15 is 0 Å². The van der Waals surface area contributed by atoms with Gasteiger partial charge in [0.25, 0.3) is 0 Å². The second-order valence-corrected chi connectivity index (χ2v) is 11.1. The molecule has 5 heteroatoms. The average Bonchev–Trinajstić information content (AvgIpc) is 3.37. The molecule has 0 spiro atoms. The Morgan fingerprint density at radius 3 is 2.13 bits per heavy atom. The monoisotopic (exact) mass is 568 g/mol. The van der Waals surface area contributed by atoms with Crippen molar-refractivity contribution in [2.75, 3.05) is 13.1 Å². The summed E-state index contributed by atoms with van der Waals surface area (Å²) in [5.41, 5.74) is 6.84. The van der Waals surface area contributed by atoms with Crippen molar-refractivity contribution in [2.45, 2.75) is 37.9 Å². The Bertz CT molecular complexity index is 1450. The van der Waals surface area contributed by atoms with Crippen LogP contribution in [0.15, 0.2) is 102 Å². The van der Waals surface area contributed by atoms with Gasteiger partial charge in [-0.25, -0.2) is 4.39 Å². The number of halogens is 2. The fourth-order valence-corrected chi connectivity index (χ4v) is 6.60. The maximum Gasteiger partial charge on any atom is 0.237 e. The van der Waals surface area contributed by atoms with E-state index in [0.29, 0.717) is 5.56 Å². The maximum atomic E-state index is 14.8. The lowest BCUT2D eigenvalue weighted by Crippen LogP contribution is -2.48. The van der Waals surface area contributed by atoms with E-state index in [2.05, 4.69) is 87.6 Å². The minimum absolute atomic E-state index is 0.0125. The summed E-state index contributed by atoms with van der Waals surface area (Å²) in [5, 5.41) is 0. The molecular weight excluding hydrogens is 539 g/mol. The molecule has 6 rings (SSSR count). The van der Waals surface area contributed by atoms with E-state index in [-0.39, 0.29) is 36.9 Å². The quantitative estimate of drug-likeness (QED) is 0.257. The van der Waals surface area contributed by atoms with Crippen LogP contribution in [-0.4, -0.2) is 34.8 Å². The highest BCUT2D eigenvalue weighted by Gasteiger charge is 2.35. The van der Waals surface area contributed by atoms with E-state index in [1.54, 1.807) is 12.1 Å². The summed E-state index contributed by atoms with van der Waals surface area (Å²) in [6.07, 6.45) is 2.49. The van der Waals surface area contributed by atoms with Gasteiger partial charge >= 0.3 is 0 Å². The van der Waals surface area contributed by atoms with Gasteiger partial charge in [-0.1, -0.05) is 101 Å². The molecule has 0 N–H and O–H groups in total. The highest BCUT2D eigenvalue weighted by Crippen LogP contribution is 2.38. The van der Waals surface area contributed by atoms with Crippen LogP contribution in [0.25, 0.3) is 0 Å². The van der Waals surface area contributed by atoms with Gasteiger partial charge in [0.15, 0.2) is 0 Å². The molecule has 38 heavy (non-hydrogen) atoms. The van der Waals surface area contributed by atoms with Crippen LogP contribution in [0.2, 0.25) is 0 Å². The zero-order valence-electron chi connectivity index (χ0n) is 21.2. The number of hydrogen-bond acceptors (Lipinski definition) is 2. The summed E-state index contributed by atoms with van der Waals surface area (Å²) in [4.78, 5) is 18.4. The Hall–Kier alpha value is -3.28. The maximum absolute atomic E-state index is 14.8. The van der Waals surface area contributed by atoms with Gasteiger partial charge in [-0.05, 0) is 59.2 Å². The number of nitrogens with zero attached hydrogens (tertiary/aromatic N) is 2. The van der Waals surface area contributed by atoms with Gasteiger partial charge in [0.2, 0.25) is 5.91 Å². The van der Waals surface area contributed by atoms with E-state index in [1.807, 2.05) is 17.0 Å². The van der Waals surface area contributed by atoms with Crippen molar-refractivity contribution in [3.05, 3.63) is 141 Å². The average molecular weight is 570 g/mol. The lowest BCUT2D eigenvalue weighted by atomic mass is 9.88. The van der Waals surface area contributed by atoms with Crippen molar-refractivity contribution in [3.8, 4) is 0 Å². The Morgan fingerprint density at radius 1 is 0.816 bits per heavy atom. The first-order chi connectivity index (χ1) is 18.6. The minimum Gasteiger partial charge on any atom is -0.333 e. The zero-order chi connectivity index (χ0) is 26.1. The first kappa shape index (κ1) is 25.0. The standard InChI is InChI=1S/C33H30BrFN2O/c34-30-15-7-6-14-29(30)33-28-13-5-3-9-23(28)17-18-36(33)22-32(38)37(21-26-12-4-8-16-31(26)35)27-19-24-10-1-2-11-25(24)20-27/h1-16,27,33H,17-22H2/t33-/m0/s1. The number of rotatable bonds is 6. The summed E-state index contributed by atoms with van der Waals surface area (Å²) in [6.45, 7) is 1.34. The first-order valence-corrected chi connectivity index (χ1v) is 14.0. The number of fused-ring (bicyclic) bond motifs is 2. The molecule has 3 nitrogen and oxygen atoms in total. The summed E-state index contributed by atoms with van der Waals surface area (Å²) < 4.78 is 15.8. The van der Waals surface area contributed by atoms with Crippen molar-refractivity contribution in [1.82, 2.24) is 9.80 Å². The molecule has 0 bridgehead atoms. The number of carbonyl (C=O) groups is 1. The molecule has 0 unspecified atom stereocenters.